The number of nitrogens with two attached hydrogens (primary N) is 1. The Morgan fingerprint density at radius 3 is 2.26 bits per heavy atom. The maximum atomic E-state index is 6.14. The number of benzene rings is 1. The summed E-state index contributed by atoms with van der Waals surface area (Å²) in [6, 6.07) is 6.53. The summed E-state index contributed by atoms with van der Waals surface area (Å²) in [5.74, 6) is 0. The Labute approximate surface area is 116 Å². The number of hydrogen-bond acceptors (Lipinski definition) is 3. The molecule has 0 aromatic heterocycles. The lowest BCUT2D eigenvalue weighted by Crippen LogP contribution is -2.57. The zero-order valence-electron chi connectivity index (χ0n) is 12.8. The molecule has 1 saturated heterocycles. The zero-order chi connectivity index (χ0) is 14.3. The van der Waals surface area contributed by atoms with Gasteiger partial charge in [0.15, 0.2) is 0 Å². The number of morpholine rings is 1. The smallest absolute Gasteiger partial charge is 0.0808 e. The topological polar surface area (TPSA) is 38.5 Å². The Morgan fingerprint density at radius 1 is 1.16 bits per heavy atom. The first-order valence-corrected chi connectivity index (χ1v) is 6.97. The van der Waals surface area contributed by atoms with Crippen LogP contribution in [0.5, 0.6) is 0 Å². The maximum Gasteiger partial charge on any atom is 0.0808 e. The lowest BCUT2D eigenvalue weighted by molar-refractivity contribution is -0.133. The van der Waals surface area contributed by atoms with Gasteiger partial charge < -0.3 is 15.4 Å². The summed E-state index contributed by atoms with van der Waals surface area (Å²) < 4.78 is 6.14. The highest BCUT2D eigenvalue weighted by molar-refractivity contribution is 5.56. The minimum absolute atomic E-state index is 0.140. The van der Waals surface area contributed by atoms with Crippen molar-refractivity contribution in [1.29, 1.82) is 0 Å². The van der Waals surface area contributed by atoms with Crippen molar-refractivity contribution in [3.63, 3.8) is 0 Å². The molecule has 3 heteroatoms. The summed E-state index contributed by atoms with van der Waals surface area (Å²) in [6.07, 6.45) is 0. The SMILES string of the molecule is Cc1ccc(N2CC(C)(C)OC(C)(C)C2)c(CN)c1. The summed E-state index contributed by atoms with van der Waals surface area (Å²) >= 11 is 0. The maximum absolute atomic E-state index is 6.14. The third-order valence-electron chi connectivity index (χ3n) is 3.49. The van der Waals surface area contributed by atoms with Gasteiger partial charge in [-0.3, -0.25) is 0 Å². The van der Waals surface area contributed by atoms with E-state index in [2.05, 4.69) is 57.7 Å². The molecule has 0 amide bonds. The van der Waals surface area contributed by atoms with Gasteiger partial charge in [-0.2, -0.15) is 0 Å². The number of ether oxygens (including phenoxy) is 1. The highest BCUT2D eigenvalue weighted by atomic mass is 16.5. The number of aryl methyl sites for hydroxylation is 1. The Bertz CT molecular complexity index is 450. The standard InChI is InChI=1S/C16H26N2O/c1-12-6-7-14(13(8-12)9-17)18-10-15(2,3)19-16(4,5)11-18/h6-8H,9-11,17H2,1-5H3. The molecule has 1 fully saturated rings. The van der Waals surface area contributed by atoms with Crippen molar-refractivity contribution in [2.24, 2.45) is 5.73 Å². The van der Waals surface area contributed by atoms with Gasteiger partial charge in [0.25, 0.3) is 0 Å². The van der Waals surface area contributed by atoms with Crippen LogP contribution in [0, 0.1) is 6.92 Å². The normalized spacial score (nSPS) is 21.5. The van der Waals surface area contributed by atoms with Crippen LogP contribution in [0.3, 0.4) is 0 Å². The van der Waals surface area contributed by atoms with Gasteiger partial charge in [0.2, 0.25) is 0 Å². The van der Waals surface area contributed by atoms with Crippen molar-refractivity contribution < 1.29 is 4.74 Å². The fourth-order valence-corrected chi connectivity index (χ4v) is 3.14. The van der Waals surface area contributed by atoms with Gasteiger partial charge in [0, 0.05) is 25.3 Å². The third-order valence-corrected chi connectivity index (χ3v) is 3.49. The highest BCUT2D eigenvalue weighted by Gasteiger charge is 2.38. The van der Waals surface area contributed by atoms with Gasteiger partial charge in [-0.15, -0.1) is 0 Å². The van der Waals surface area contributed by atoms with Crippen molar-refractivity contribution in [2.75, 3.05) is 18.0 Å². The lowest BCUT2D eigenvalue weighted by Gasteiger charge is -2.48. The molecule has 0 aliphatic carbocycles. The average molecular weight is 262 g/mol. The summed E-state index contributed by atoms with van der Waals surface area (Å²) in [7, 11) is 0. The minimum Gasteiger partial charge on any atom is -0.366 e. The van der Waals surface area contributed by atoms with Crippen molar-refractivity contribution in [3.05, 3.63) is 29.3 Å². The van der Waals surface area contributed by atoms with E-state index in [1.165, 1.54) is 16.8 Å². The van der Waals surface area contributed by atoms with Gasteiger partial charge in [-0.05, 0) is 46.2 Å². The van der Waals surface area contributed by atoms with Crippen LogP contribution in [0.4, 0.5) is 5.69 Å². The predicted octanol–water partition coefficient (Wildman–Crippen LogP) is 2.85. The lowest BCUT2D eigenvalue weighted by atomic mass is 9.97. The van der Waals surface area contributed by atoms with E-state index in [-0.39, 0.29) is 11.2 Å². The molecule has 3 nitrogen and oxygen atoms in total. The molecule has 1 aliphatic rings. The summed E-state index contributed by atoms with van der Waals surface area (Å²) in [4.78, 5) is 2.41. The van der Waals surface area contributed by atoms with Crippen LogP contribution >= 0.6 is 0 Å². The number of hydrogen-bond donors (Lipinski definition) is 1. The molecule has 106 valence electrons. The first-order valence-electron chi connectivity index (χ1n) is 6.97. The van der Waals surface area contributed by atoms with Gasteiger partial charge in [-0.1, -0.05) is 17.7 Å². The molecule has 19 heavy (non-hydrogen) atoms. The van der Waals surface area contributed by atoms with E-state index in [1.807, 2.05) is 0 Å². The molecular formula is C16H26N2O. The molecule has 0 saturated carbocycles. The summed E-state index contributed by atoms with van der Waals surface area (Å²) in [5.41, 5.74) is 9.35. The molecule has 1 aromatic carbocycles. The predicted molar refractivity (Wildman–Crippen MR) is 80.5 cm³/mol. The molecule has 1 aromatic rings. The molecule has 0 atom stereocenters. The molecule has 0 spiro atoms. The van der Waals surface area contributed by atoms with Crippen LogP contribution in [0.2, 0.25) is 0 Å². The number of anilines is 1. The van der Waals surface area contributed by atoms with E-state index >= 15 is 0 Å². The summed E-state index contributed by atoms with van der Waals surface area (Å²) in [6.45, 7) is 13.1. The van der Waals surface area contributed by atoms with Gasteiger partial charge in [-0.25, -0.2) is 0 Å². The van der Waals surface area contributed by atoms with Crippen LogP contribution < -0.4 is 10.6 Å². The van der Waals surface area contributed by atoms with Crippen molar-refractivity contribution in [3.8, 4) is 0 Å². The van der Waals surface area contributed by atoms with Gasteiger partial charge in [0.05, 0.1) is 11.2 Å². The zero-order valence-corrected chi connectivity index (χ0v) is 12.8. The Kier molecular flexibility index (Phi) is 3.63. The van der Waals surface area contributed by atoms with Crippen LogP contribution in [-0.4, -0.2) is 24.3 Å². The highest BCUT2D eigenvalue weighted by Crippen LogP contribution is 2.33. The second-order valence-electron chi connectivity index (χ2n) is 6.81. The van der Waals surface area contributed by atoms with E-state index in [1.54, 1.807) is 0 Å². The molecule has 0 unspecified atom stereocenters. The number of nitrogens with zero attached hydrogens (tertiary/aromatic N) is 1. The fraction of sp³-hybridized carbons (Fsp3) is 0.625. The summed E-state index contributed by atoms with van der Waals surface area (Å²) in [5, 5.41) is 0. The molecule has 2 rings (SSSR count). The quantitative estimate of drug-likeness (QED) is 0.890. The van der Waals surface area contributed by atoms with Crippen molar-refractivity contribution in [1.82, 2.24) is 0 Å². The Morgan fingerprint density at radius 2 is 1.74 bits per heavy atom. The van der Waals surface area contributed by atoms with Crippen LogP contribution in [0.15, 0.2) is 18.2 Å². The van der Waals surface area contributed by atoms with Crippen LogP contribution in [-0.2, 0) is 11.3 Å². The van der Waals surface area contributed by atoms with Gasteiger partial charge >= 0.3 is 0 Å². The van der Waals surface area contributed by atoms with E-state index < -0.39 is 0 Å². The van der Waals surface area contributed by atoms with E-state index in [0.29, 0.717) is 6.54 Å². The monoisotopic (exact) mass is 262 g/mol. The minimum atomic E-state index is -0.140. The molecule has 1 heterocycles. The molecule has 1 aliphatic heterocycles. The molecular weight excluding hydrogens is 236 g/mol. The fourth-order valence-electron chi connectivity index (χ4n) is 3.14. The van der Waals surface area contributed by atoms with E-state index in [0.717, 1.165) is 13.1 Å². The molecule has 0 radical (unpaired) electrons. The van der Waals surface area contributed by atoms with Gasteiger partial charge in [0.1, 0.15) is 0 Å². The largest absolute Gasteiger partial charge is 0.366 e. The Hall–Kier alpha value is -1.06. The first-order chi connectivity index (χ1) is 8.72. The Balaban J connectivity index is 2.35. The van der Waals surface area contributed by atoms with Crippen molar-refractivity contribution >= 4 is 5.69 Å². The molecule has 0 bridgehead atoms. The first kappa shape index (κ1) is 14.4. The van der Waals surface area contributed by atoms with Crippen LogP contribution in [0.1, 0.15) is 38.8 Å². The van der Waals surface area contributed by atoms with Crippen molar-refractivity contribution in [2.45, 2.75) is 52.4 Å². The second kappa shape index (κ2) is 4.80. The van der Waals surface area contributed by atoms with E-state index in [4.69, 9.17) is 10.5 Å². The average Bonchev–Trinajstić information content (AvgIpc) is 2.24. The molecule has 2 N–H and O–H groups in total. The van der Waals surface area contributed by atoms with Crippen LogP contribution in [0.25, 0.3) is 0 Å². The number of rotatable bonds is 2. The van der Waals surface area contributed by atoms with E-state index in [9.17, 15) is 0 Å². The second-order valence-corrected chi connectivity index (χ2v) is 6.81. The third kappa shape index (κ3) is 3.28.